The molecule has 0 aromatic heterocycles. The molecule has 0 bridgehead atoms. The molecule has 0 aliphatic heterocycles. The fraction of sp³-hybridized carbons (Fsp3) is 1.00. The predicted molar refractivity (Wildman–Crippen MR) is 85.6 cm³/mol. The Kier molecular flexibility index (Phi) is 15.6. The summed E-state index contributed by atoms with van der Waals surface area (Å²) in [4.78, 5) is 0. The normalized spacial score (nSPS) is 12.8. The van der Waals surface area contributed by atoms with Crippen LogP contribution in [0.3, 0.4) is 0 Å². The molecule has 1 N–H and O–H groups in total. The van der Waals surface area contributed by atoms with Crippen LogP contribution in [0.15, 0.2) is 0 Å². The van der Waals surface area contributed by atoms with Gasteiger partial charge in [0, 0.05) is 0 Å². The van der Waals surface area contributed by atoms with E-state index in [0.717, 1.165) is 12.2 Å². The Morgan fingerprint density at radius 2 is 1.00 bits per heavy atom. The molecule has 0 fully saturated rings. The Labute approximate surface area is 120 Å². The number of hydrogen-bond acceptors (Lipinski definition) is 2. The van der Waals surface area contributed by atoms with Gasteiger partial charge in [0.1, 0.15) is 0 Å². The molecule has 0 aliphatic carbocycles. The molecule has 1 atom stereocenters. The Hall–Kier alpha value is 0.310. The lowest BCUT2D eigenvalue weighted by molar-refractivity contribution is 0.180. The number of hydrogen-bond donors (Lipinski definition) is 2. The van der Waals surface area contributed by atoms with Crippen LogP contribution in [0.1, 0.15) is 90.4 Å². The van der Waals surface area contributed by atoms with E-state index in [1.54, 1.807) is 0 Å². The fourth-order valence-electron chi connectivity index (χ4n) is 2.32. The van der Waals surface area contributed by atoms with Gasteiger partial charge in [-0.25, -0.2) is 0 Å². The van der Waals surface area contributed by atoms with Crippen LogP contribution in [0.25, 0.3) is 0 Å². The molecule has 18 heavy (non-hydrogen) atoms. The van der Waals surface area contributed by atoms with Crippen LogP contribution in [0.2, 0.25) is 0 Å². The van der Waals surface area contributed by atoms with Gasteiger partial charge in [-0.1, -0.05) is 70.6 Å². The highest BCUT2D eigenvalue weighted by Gasteiger charge is 1.96. The Balaban J connectivity index is 2.90. The van der Waals surface area contributed by atoms with Gasteiger partial charge in [0.05, 0.1) is 6.10 Å². The van der Waals surface area contributed by atoms with Crippen LogP contribution >= 0.6 is 12.6 Å². The lowest BCUT2D eigenvalue weighted by atomic mass is 10.0. The van der Waals surface area contributed by atoms with E-state index in [2.05, 4.69) is 12.6 Å². The molecule has 0 heterocycles. The lowest BCUT2D eigenvalue weighted by Crippen LogP contribution is -1.98. The minimum Gasteiger partial charge on any atom is -0.393 e. The number of unbranched alkanes of at least 4 members (excludes halogenated alkanes) is 11. The molecule has 1 unspecified atom stereocenters. The molecule has 0 spiro atoms. The molecular weight excluding hydrogens is 240 g/mol. The van der Waals surface area contributed by atoms with Crippen molar-refractivity contribution < 1.29 is 5.11 Å². The van der Waals surface area contributed by atoms with E-state index in [0.29, 0.717) is 0 Å². The van der Waals surface area contributed by atoms with Gasteiger partial charge in [-0.05, 0) is 25.5 Å². The Morgan fingerprint density at radius 1 is 0.667 bits per heavy atom. The molecule has 0 rings (SSSR count). The van der Waals surface area contributed by atoms with Gasteiger partial charge in [0.25, 0.3) is 0 Å². The maximum Gasteiger partial charge on any atom is 0.0512 e. The highest BCUT2D eigenvalue weighted by molar-refractivity contribution is 7.80. The SMILES string of the molecule is CC(O)CCCCCCCCCCCCCCS. The third-order valence-electron chi connectivity index (χ3n) is 3.53. The maximum atomic E-state index is 9.13. The predicted octanol–water partition coefficient (Wildman–Crippen LogP) is 5.37. The number of rotatable bonds is 14. The van der Waals surface area contributed by atoms with Crippen LogP contribution in [-0.4, -0.2) is 17.0 Å². The van der Waals surface area contributed by atoms with E-state index < -0.39 is 0 Å². The molecule has 0 aromatic carbocycles. The Bertz CT molecular complexity index is 148. The van der Waals surface area contributed by atoms with Crippen molar-refractivity contribution in [2.75, 3.05) is 5.75 Å². The zero-order valence-electron chi connectivity index (χ0n) is 12.4. The van der Waals surface area contributed by atoms with Gasteiger partial charge in [-0.3, -0.25) is 0 Å². The molecule has 0 aromatic rings. The molecule has 0 aliphatic rings. The van der Waals surface area contributed by atoms with E-state index in [1.807, 2.05) is 6.92 Å². The van der Waals surface area contributed by atoms with Crippen molar-refractivity contribution in [2.24, 2.45) is 0 Å². The summed E-state index contributed by atoms with van der Waals surface area (Å²) in [6, 6.07) is 0. The smallest absolute Gasteiger partial charge is 0.0512 e. The van der Waals surface area contributed by atoms with Crippen LogP contribution in [0, 0.1) is 0 Å². The van der Waals surface area contributed by atoms with Crippen molar-refractivity contribution >= 4 is 12.6 Å². The van der Waals surface area contributed by atoms with Gasteiger partial charge in [0.15, 0.2) is 0 Å². The standard InChI is InChI=1S/C16H34OS/c1-16(17)14-12-10-8-6-4-2-3-5-7-9-11-13-15-18/h16-18H,2-15H2,1H3. The largest absolute Gasteiger partial charge is 0.393 e. The second kappa shape index (κ2) is 15.4. The second-order valence-corrected chi connectivity index (χ2v) is 6.05. The molecular formula is C16H34OS. The number of aliphatic hydroxyl groups is 1. The number of thiol groups is 1. The first-order valence-electron chi connectivity index (χ1n) is 8.06. The monoisotopic (exact) mass is 274 g/mol. The van der Waals surface area contributed by atoms with Crippen molar-refractivity contribution in [1.82, 2.24) is 0 Å². The molecule has 1 nitrogen and oxygen atoms in total. The van der Waals surface area contributed by atoms with Gasteiger partial charge < -0.3 is 5.11 Å². The van der Waals surface area contributed by atoms with Gasteiger partial charge in [-0.15, -0.1) is 0 Å². The van der Waals surface area contributed by atoms with Gasteiger partial charge in [-0.2, -0.15) is 12.6 Å². The van der Waals surface area contributed by atoms with Crippen LogP contribution < -0.4 is 0 Å². The lowest BCUT2D eigenvalue weighted by Gasteiger charge is -2.04. The minimum atomic E-state index is -0.104. The van der Waals surface area contributed by atoms with E-state index in [1.165, 1.54) is 77.0 Å². The molecule has 110 valence electrons. The summed E-state index contributed by atoms with van der Waals surface area (Å²) in [6.45, 7) is 1.89. The van der Waals surface area contributed by atoms with E-state index in [9.17, 15) is 0 Å². The van der Waals surface area contributed by atoms with E-state index >= 15 is 0 Å². The van der Waals surface area contributed by atoms with Crippen LogP contribution in [0.5, 0.6) is 0 Å². The average molecular weight is 275 g/mol. The maximum absolute atomic E-state index is 9.13. The Morgan fingerprint density at radius 3 is 1.33 bits per heavy atom. The molecule has 2 heteroatoms. The quantitative estimate of drug-likeness (QED) is 0.322. The highest BCUT2D eigenvalue weighted by Crippen LogP contribution is 2.13. The van der Waals surface area contributed by atoms with E-state index in [-0.39, 0.29) is 6.10 Å². The third-order valence-corrected chi connectivity index (χ3v) is 3.85. The highest BCUT2D eigenvalue weighted by atomic mass is 32.1. The molecule has 0 saturated heterocycles. The first-order chi connectivity index (χ1) is 8.77. The van der Waals surface area contributed by atoms with Gasteiger partial charge in [0.2, 0.25) is 0 Å². The topological polar surface area (TPSA) is 20.2 Å². The zero-order chi connectivity index (χ0) is 13.5. The molecule has 0 saturated carbocycles. The van der Waals surface area contributed by atoms with Crippen molar-refractivity contribution in [3.63, 3.8) is 0 Å². The first-order valence-corrected chi connectivity index (χ1v) is 8.69. The van der Waals surface area contributed by atoms with Gasteiger partial charge >= 0.3 is 0 Å². The second-order valence-electron chi connectivity index (χ2n) is 5.60. The summed E-state index contributed by atoms with van der Waals surface area (Å²) < 4.78 is 0. The average Bonchev–Trinajstić information content (AvgIpc) is 2.34. The summed E-state index contributed by atoms with van der Waals surface area (Å²) in [5, 5.41) is 9.13. The fourth-order valence-corrected chi connectivity index (χ4v) is 2.54. The summed E-state index contributed by atoms with van der Waals surface area (Å²) >= 11 is 4.22. The summed E-state index contributed by atoms with van der Waals surface area (Å²) in [6.07, 6.45) is 17.3. The first kappa shape index (κ1) is 18.3. The molecule has 0 amide bonds. The summed E-state index contributed by atoms with van der Waals surface area (Å²) in [5.74, 6) is 1.05. The summed E-state index contributed by atoms with van der Waals surface area (Å²) in [7, 11) is 0. The zero-order valence-corrected chi connectivity index (χ0v) is 13.3. The van der Waals surface area contributed by atoms with Crippen molar-refractivity contribution in [3.05, 3.63) is 0 Å². The third kappa shape index (κ3) is 16.3. The molecule has 0 radical (unpaired) electrons. The number of aliphatic hydroxyl groups excluding tert-OH is 1. The van der Waals surface area contributed by atoms with Crippen LogP contribution in [-0.2, 0) is 0 Å². The van der Waals surface area contributed by atoms with Crippen LogP contribution in [0.4, 0.5) is 0 Å². The van der Waals surface area contributed by atoms with E-state index in [4.69, 9.17) is 5.11 Å². The minimum absolute atomic E-state index is 0.104. The van der Waals surface area contributed by atoms with Crippen molar-refractivity contribution in [3.8, 4) is 0 Å². The van der Waals surface area contributed by atoms with Crippen molar-refractivity contribution in [1.29, 1.82) is 0 Å². The van der Waals surface area contributed by atoms with Crippen molar-refractivity contribution in [2.45, 2.75) is 96.5 Å². The summed E-state index contributed by atoms with van der Waals surface area (Å²) in [5.41, 5.74) is 0.